The van der Waals surface area contributed by atoms with E-state index in [0.29, 0.717) is 0 Å². The van der Waals surface area contributed by atoms with Gasteiger partial charge in [0.05, 0.1) is 0 Å². The van der Waals surface area contributed by atoms with Gasteiger partial charge >= 0.3 is 0 Å². The van der Waals surface area contributed by atoms with E-state index in [4.69, 9.17) is 0 Å². The molecule has 0 N–H and O–H groups in total. The highest BCUT2D eigenvalue weighted by Crippen LogP contribution is 2.19. The van der Waals surface area contributed by atoms with Gasteiger partial charge in [-0.05, 0) is 26.9 Å². The Labute approximate surface area is 307 Å². The topological polar surface area (TPSA) is 3.24 Å². The third-order valence-corrected chi connectivity index (χ3v) is 11.5. The highest BCUT2D eigenvalue weighted by atomic mass is 15.1. The molecule has 0 radical (unpaired) electrons. The van der Waals surface area contributed by atoms with Gasteiger partial charge in [0, 0.05) is 6.04 Å². The Bertz CT molecular complexity index is 497. The predicted octanol–water partition coefficient (Wildman–Crippen LogP) is 17.3. The molecule has 0 saturated carbocycles. The molecule has 48 heavy (non-hydrogen) atoms. The molecule has 0 amide bonds. The molecule has 0 aliphatic heterocycles. The van der Waals surface area contributed by atoms with Gasteiger partial charge in [0.2, 0.25) is 0 Å². The number of hydrogen-bond acceptors (Lipinski definition) is 1. The van der Waals surface area contributed by atoms with E-state index in [-0.39, 0.29) is 0 Å². The zero-order valence-electron chi connectivity index (χ0n) is 34.7. The van der Waals surface area contributed by atoms with Crippen molar-refractivity contribution in [1.82, 2.24) is 4.90 Å². The van der Waals surface area contributed by atoms with E-state index in [2.05, 4.69) is 32.8 Å². The van der Waals surface area contributed by atoms with Crippen LogP contribution < -0.4 is 0 Å². The van der Waals surface area contributed by atoms with Crippen molar-refractivity contribution in [3.05, 3.63) is 0 Å². The maximum atomic E-state index is 2.52. The molecule has 0 spiro atoms. The van der Waals surface area contributed by atoms with Gasteiger partial charge < -0.3 is 4.90 Å². The van der Waals surface area contributed by atoms with Crippen LogP contribution in [0.3, 0.4) is 0 Å². The van der Waals surface area contributed by atoms with Gasteiger partial charge in [0.25, 0.3) is 0 Å². The fourth-order valence-corrected chi connectivity index (χ4v) is 7.93. The zero-order chi connectivity index (χ0) is 34.9. The Morgan fingerprint density at radius 2 is 0.375 bits per heavy atom. The summed E-state index contributed by atoms with van der Waals surface area (Å²) in [5, 5.41) is 0. The summed E-state index contributed by atoms with van der Waals surface area (Å²) in [5.41, 5.74) is 0. The smallest absolute Gasteiger partial charge is 0.00891 e. The van der Waals surface area contributed by atoms with Crippen LogP contribution in [0.1, 0.15) is 284 Å². The van der Waals surface area contributed by atoms with Crippen molar-refractivity contribution in [2.45, 2.75) is 290 Å². The van der Waals surface area contributed by atoms with Gasteiger partial charge in [-0.25, -0.2) is 0 Å². The van der Waals surface area contributed by atoms with Crippen molar-refractivity contribution in [3.63, 3.8) is 0 Å². The molecule has 0 saturated heterocycles. The third-order valence-electron chi connectivity index (χ3n) is 11.5. The molecule has 0 rings (SSSR count). The average Bonchev–Trinajstić information content (AvgIpc) is 3.08. The van der Waals surface area contributed by atoms with Gasteiger partial charge in [-0.1, -0.05) is 271 Å². The maximum Gasteiger partial charge on any atom is 0.00891 e. The van der Waals surface area contributed by atoms with Crippen LogP contribution in [0.25, 0.3) is 0 Å². The summed E-state index contributed by atoms with van der Waals surface area (Å²) in [6.07, 6.45) is 61.7. The lowest BCUT2D eigenvalue weighted by Crippen LogP contribution is -2.27. The van der Waals surface area contributed by atoms with Gasteiger partial charge in [-0.15, -0.1) is 0 Å². The summed E-state index contributed by atoms with van der Waals surface area (Å²) in [4.78, 5) is 2.52. The van der Waals surface area contributed by atoms with E-state index in [1.54, 1.807) is 0 Å². The number of rotatable bonds is 43. The molecule has 0 aromatic carbocycles. The molecule has 0 aromatic rings. The first-order valence-corrected chi connectivity index (χ1v) is 23.4. The summed E-state index contributed by atoms with van der Waals surface area (Å²) >= 11 is 0. The first-order chi connectivity index (χ1) is 23.7. The highest BCUT2D eigenvalue weighted by molar-refractivity contribution is 4.67. The molecule has 0 atom stereocenters. The monoisotopic (exact) mass is 676 g/mol. The Balaban J connectivity index is 3.33. The standard InChI is InChI=1S/C47H97N/c1-5-7-9-11-13-15-17-19-21-23-25-27-29-31-33-35-37-39-41-43-45-47(48(3)4)46-44-42-40-38-36-34-32-30-28-26-24-22-20-18-16-14-12-10-8-6-2/h47H,5-46H2,1-4H3. The lowest BCUT2D eigenvalue weighted by atomic mass is 9.99. The van der Waals surface area contributed by atoms with Crippen LogP contribution in [-0.2, 0) is 0 Å². The lowest BCUT2D eigenvalue weighted by Gasteiger charge is -2.24. The van der Waals surface area contributed by atoms with Crippen LogP contribution in [-0.4, -0.2) is 25.0 Å². The van der Waals surface area contributed by atoms with Crippen molar-refractivity contribution in [3.8, 4) is 0 Å². The number of hydrogen-bond donors (Lipinski definition) is 0. The highest BCUT2D eigenvalue weighted by Gasteiger charge is 2.10. The lowest BCUT2D eigenvalue weighted by molar-refractivity contribution is 0.251. The Kier molecular flexibility index (Phi) is 43.1. The summed E-state index contributed by atoms with van der Waals surface area (Å²) in [7, 11) is 4.63. The average molecular weight is 676 g/mol. The molecule has 0 unspecified atom stereocenters. The van der Waals surface area contributed by atoms with Crippen molar-refractivity contribution < 1.29 is 0 Å². The molecular formula is C47H97N. The van der Waals surface area contributed by atoms with E-state index in [1.807, 2.05) is 0 Å². The number of unbranched alkanes of at least 4 members (excludes halogenated alkanes) is 38. The molecule has 0 aromatic heterocycles. The van der Waals surface area contributed by atoms with Crippen molar-refractivity contribution >= 4 is 0 Å². The van der Waals surface area contributed by atoms with Gasteiger partial charge in [-0.2, -0.15) is 0 Å². The second-order valence-corrected chi connectivity index (χ2v) is 16.6. The molecular weight excluding hydrogens is 579 g/mol. The molecule has 0 aliphatic rings. The third kappa shape index (κ3) is 40.4. The van der Waals surface area contributed by atoms with Crippen LogP contribution in [0.5, 0.6) is 0 Å². The van der Waals surface area contributed by atoms with Crippen molar-refractivity contribution in [2.24, 2.45) is 0 Å². The fourth-order valence-electron chi connectivity index (χ4n) is 7.93. The minimum atomic E-state index is 0.816. The zero-order valence-corrected chi connectivity index (χ0v) is 34.7. The van der Waals surface area contributed by atoms with Crippen LogP contribution in [0.4, 0.5) is 0 Å². The first kappa shape index (κ1) is 48.0. The molecule has 0 heterocycles. The minimum absolute atomic E-state index is 0.816. The largest absolute Gasteiger partial charge is 0.306 e. The Morgan fingerprint density at radius 3 is 0.521 bits per heavy atom. The Morgan fingerprint density at radius 1 is 0.229 bits per heavy atom. The van der Waals surface area contributed by atoms with Gasteiger partial charge in [0.15, 0.2) is 0 Å². The second kappa shape index (κ2) is 43.1. The summed E-state index contributed by atoms with van der Waals surface area (Å²) in [6, 6.07) is 0.816. The van der Waals surface area contributed by atoms with Crippen molar-refractivity contribution in [2.75, 3.05) is 14.1 Å². The van der Waals surface area contributed by atoms with Crippen LogP contribution in [0, 0.1) is 0 Å². The molecule has 0 bridgehead atoms. The summed E-state index contributed by atoms with van der Waals surface area (Å²) in [6.45, 7) is 4.62. The van der Waals surface area contributed by atoms with E-state index < -0.39 is 0 Å². The van der Waals surface area contributed by atoms with Crippen LogP contribution >= 0.6 is 0 Å². The van der Waals surface area contributed by atoms with Crippen molar-refractivity contribution in [1.29, 1.82) is 0 Å². The van der Waals surface area contributed by atoms with Gasteiger partial charge in [-0.3, -0.25) is 0 Å². The molecule has 0 fully saturated rings. The SMILES string of the molecule is CCCCCCCCCCCCCCCCCCCCCCC(CCCCCCCCCCCCCCCCCCCCCC)N(C)C. The quantitative estimate of drug-likeness (QED) is 0.0581. The first-order valence-electron chi connectivity index (χ1n) is 23.4. The summed E-state index contributed by atoms with van der Waals surface area (Å²) in [5.74, 6) is 0. The van der Waals surface area contributed by atoms with Crippen LogP contribution in [0.15, 0.2) is 0 Å². The van der Waals surface area contributed by atoms with E-state index in [0.717, 1.165) is 6.04 Å². The van der Waals surface area contributed by atoms with Crippen LogP contribution in [0.2, 0.25) is 0 Å². The second-order valence-electron chi connectivity index (χ2n) is 16.6. The maximum absolute atomic E-state index is 2.52. The van der Waals surface area contributed by atoms with Gasteiger partial charge in [0.1, 0.15) is 0 Å². The molecule has 290 valence electrons. The minimum Gasteiger partial charge on any atom is -0.306 e. The Hall–Kier alpha value is -0.0400. The fraction of sp³-hybridized carbons (Fsp3) is 1.00. The predicted molar refractivity (Wildman–Crippen MR) is 223 cm³/mol. The van der Waals surface area contributed by atoms with E-state index >= 15 is 0 Å². The van der Waals surface area contributed by atoms with E-state index in [9.17, 15) is 0 Å². The molecule has 0 aliphatic carbocycles. The van der Waals surface area contributed by atoms with E-state index in [1.165, 1.54) is 270 Å². The molecule has 1 nitrogen and oxygen atoms in total. The summed E-state index contributed by atoms with van der Waals surface area (Å²) < 4.78 is 0. The molecule has 1 heteroatoms. The normalized spacial score (nSPS) is 11.9. The number of nitrogens with zero attached hydrogens (tertiary/aromatic N) is 1.